The van der Waals surface area contributed by atoms with Gasteiger partial charge in [0, 0.05) is 36.9 Å². The molecule has 294 valence electrons. The van der Waals surface area contributed by atoms with E-state index in [9.17, 15) is 42.6 Å². The summed E-state index contributed by atoms with van der Waals surface area (Å²) < 4.78 is 37.3. The Labute approximate surface area is 314 Å². The van der Waals surface area contributed by atoms with Gasteiger partial charge in [0.15, 0.2) is 0 Å². The summed E-state index contributed by atoms with van der Waals surface area (Å²) in [7, 11) is -2.98. The summed E-state index contributed by atoms with van der Waals surface area (Å²) in [5.74, 6) is -4.43. The molecule has 3 atom stereocenters. The second kappa shape index (κ2) is 19.1. The van der Waals surface area contributed by atoms with Gasteiger partial charge in [0.25, 0.3) is 11.6 Å². The van der Waals surface area contributed by atoms with Crippen LogP contribution in [-0.4, -0.2) is 102 Å². The summed E-state index contributed by atoms with van der Waals surface area (Å²) in [4.78, 5) is 61.1. The molecule has 18 heteroatoms. The highest BCUT2D eigenvalue weighted by atomic mass is 32.2. The van der Waals surface area contributed by atoms with Crippen LogP contribution in [0, 0.1) is 6.92 Å². The summed E-state index contributed by atoms with van der Waals surface area (Å²) in [5.41, 5.74) is 3.58. The van der Waals surface area contributed by atoms with E-state index in [2.05, 4.69) is 20.1 Å². The number of aryl methyl sites for hydroxylation is 1. The van der Waals surface area contributed by atoms with E-state index in [1.165, 1.54) is 76.3 Å². The number of nitrogens with zero attached hydrogens (tertiary/aromatic N) is 1. The van der Waals surface area contributed by atoms with E-state index in [-0.39, 0.29) is 35.5 Å². The second-order valence-corrected chi connectivity index (χ2v) is 16.5. The minimum atomic E-state index is -4.14. The van der Waals surface area contributed by atoms with E-state index in [0.717, 1.165) is 41.4 Å². The van der Waals surface area contributed by atoms with Crippen molar-refractivity contribution in [2.45, 2.75) is 125 Å². The van der Waals surface area contributed by atoms with Gasteiger partial charge in [0.05, 0.1) is 4.90 Å². The predicted molar refractivity (Wildman–Crippen MR) is 195 cm³/mol. The molecule has 2 aliphatic carbocycles. The van der Waals surface area contributed by atoms with Gasteiger partial charge in [-0.15, -0.1) is 11.8 Å². The molecule has 2 heterocycles. The normalized spacial score (nSPS) is 22.8. The number of hydrogen-bond donors (Lipinski definition) is 6. The van der Waals surface area contributed by atoms with Crippen LogP contribution >= 0.6 is 11.8 Å². The second-order valence-electron chi connectivity index (χ2n) is 13.7. The van der Waals surface area contributed by atoms with Crippen LogP contribution in [0.5, 0.6) is 0 Å². The van der Waals surface area contributed by atoms with Gasteiger partial charge in [0.1, 0.15) is 23.7 Å². The van der Waals surface area contributed by atoms with E-state index in [1.807, 2.05) is 0 Å². The molecule has 5 rings (SSSR count). The molecule has 0 spiro atoms. The maximum atomic E-state index is 13.1. The number of rotatable bonds is 15. The zero-order chi connectivity index (χ0) is 38.8. The van der Waals surface area contributed by atoms with Gasteiger partial charge < -0.3 is 36.1 Å². The Bertz CT molecular complexity index is 1610. The van der Waals surface area contributed by atoms with Crippen LogP contribution in [-0.2, 0) is 38.7 Å². The van der Waals surface area contributed by atoms with Crippen molar-refractivity contribution < 1.29 is 52.1 Å². The number of carbonyl (C=O) groups excluding carboxylic acids is 3. The lowest BCUT2D eigenvalue weighted by molar-refractivity contribution is -0.192. The standard InChI is InChI=1S/C23H28N4O11S2.C12H23N/c1-12-6-8-14(9-7-12)40(35,36)26-15(18(29)30)4-3-5-16(28)25-23(37-2)20(33)27-17(19(31)32)13(10-38-22(24)34)11-39-21(23)27;1-3-7-11(8-4-1)13-12-9-5-2-6-10-12/h6-9,15,21,26H,3-5,10-11H2,1-2H3,(H2,24,34)(H,25,28)(H,29,30)(H,31,32);11-13H,1-10H2/t15?,21-,23-;/m1./s1. The third-order valence-corrected chi connectivity index (χ3v) is 12.7. The molecule has 2 aliphatic heterocycles. The predicted octanol–water partition coefficient (Wildman–Crippen LogP) is 2.95. The summed E-state index contributed by atoms with van der Waals surface area (Å²) >= 11 is 1.07. The van der Waals surface area contributed by atoms with Gasteiger partial charge >= 0.3 is 18.0 Å². The fraction of sp³-hybridized carbons (Fsp3) is 0.629. The molecular weight excluding hydrogens is 731 g/mol. The summed E-state index contributed by atoms with van der Waals surface area (Å²) in [6.07, 6.45) is 12.9. The molecule has 2 saturated carbocycles. The number of thioether (sulfide) groups is 1. The number of nitrogens with one attached hydrogen (secondary N) is 3. The summed E-state index contributed by atoms with van der Waals surface area (Å²) in [6.45, 7) is 1.33. The van der Waals surface area contributed by atoms with Crippen LogP contribution in [0.1, 0.15) is 89.0 Å². The van der Waals surface area contributed by atoms with E-state index in [1.54, 1.807) is 19.1 Å². The minimum Gasteiger partial charge on any atom is -0.480 e. The van der Waals surface area contributed by atoms with Crippen molar-refractivity contribution in [3.05, 3.63) is 41.1 Å². The first-order valence-electron chi connectivity index (χ1n) is 17.9. The molecule has 3 fully saturated rings. The minimum absolute atomic E-state index is 0.0335. The molecule has 1 aromatic carbocycles. The Kier molecular flexibility index (Phi) is 15.1. The molecule has 1 saturated heterocycles. The number of carboxylic acids is 2. The van der Waals surface area contributed by atoms with Crippen LogP contribution in [0.4, 0.5) is 4.79 Å². The van der Waals surface area contributed by atoms with Gasteiger partial charge in [-0.2, -0.15) is 4.72 Å². The van der Waals surface area contributed by atoms with Crippen molar-refractivity contribution in [3.63, 3.8) is 0 Å². The van der Waals surface area contributed by atoms with Crippen LogP contribution in [0.25, 0.3) is 0 Å². The lowest BCUT2D eigenvalue weighted by Crippen LogP contribution is -2.80. The number of carbonyl (C=O) groups is 5. The first kappa shape index (κ1) is 42.0. The zero-order valence-corrected chi connectivity index (χ0v) is 31.8. The molecule has 0 radical (unpaired) electrons. The number of β-lactam (4-membered cyclic amide) rings is 1. The van der Waals surface area contributed by atoms with E-state index >= 15 is 0 Å². The Balaban J connectivity index is 0.000000401. The molecule has 16 nitrogen and oxygen atoms in total. The number of hydrogen-bond acceptors (Lipinski definition) is 11. The van der Waals surface area contributed by atoms with Crippen molar-refractivity contribution in [1.82, 2.24) is 20.3 Å². The number of aliphatic carboxylic acids is 2. The lowest BCUT2D eigenvalue weighted by Gasteiger charge is -2.55. The van der Waals surface area contributed by atoms with Gasteiger partial charge in [-0.1, -0.05) is 56.2 Å². The summed E-state index contributed by atoms with van der Waals surface area (Å²) in [6, 6.07) is 6.05. The van der Waals surface area contributed by atoms with Crippen molar-refractivity contribution in [3.8, 4) is 0 Å². The lowest BCUT2D eigenvalue weighted by atomic mass is 9.91. The molecule has 1 aromatic rings. The summed E-state index contributed by atoms with van der Waals surface area (Å²) in [5, 5.41) is 24.5. The molecule has 7 N–H and O–H groups in total. The monoisotopic (exact) mass is 781 g/mol. The number of primary amides is 1. The Morgan fingerprint density at radius 2 is 1.58 bits per heavy atom. The molecule has 0 bridgehead atoms. The maximum absolute atomic E-state index is 13.1. The fourth-order valence-electron chi connectivity index (χ4n) is 7.03. The van der Waals surface area contributed by atoms with Crippen LogP contribution in [0.3, 0.4) is 0 Å². The number of ether oxygens (including phenoxy) is 2. The molecule has 1 unspecified atom stereocenters. The molecule has 0 aromatic heterocycles. The van der Waals surface area contributed by atoms with Gasteiger partial charge in [0.2, 0.25) is 15.9 Å². The van der Waals surface area contributed by atoms with E-state index in [0.29, 0.717) is 0 Å². The highest BCUT2D eigenvalue weighted by Gasteiger charge is 2.66. The van der Waals surface area contributed by atoms with Gasteiger partial charge in [-0.25, -0.2) is 18.0 Å². The third kappa shape index (κ3) is 10.9. The molecule has 3 amide bonds. The number of sulfonamides is 1. The highest BCUT2D eigenvalue weighted by Crippen LogP contribution is 2.46. The number of nitrogens with two attached hydrogens (primary N) is 1. The SMILES string of the molecule is C1CCC(NC2CCCCC2)CC1.CO[C@]1(NC(=O)CCCC(NS(=O)(=O)c2ccc(C)cc2)C(=O)O)C(=O)N2C(C(=O)O)=C(COC(N)=O)CS[C@@H]21. The largest absolute Gasteiger partial charge is 0.480 e. The van der Waals surface area contributed by atoms with E-state index in [4.69, 9.17) is 10.5 Å². The average Bonchev–Trinajstić information content (AvgIpc) is 3.13. The number of amides is 3. The topological polar surface area (TPSA) is 244 Å². The molecule has 4 aliphatic rings. The third-order valence-electron chi connectivity index (χ3n) is 9.85. The molecule has 53 heavy (non-hydrogen) atoms. The van der Waals surface area contributed by atoms with Crippen LogP contribution in [0.15, 0.2) is 40.4 Å². The van der Waals surface area contributed by atoms with Crippen molar-refractivity contribution in [1.29, 1.82) is 0 Å². The smallest absolute Gasteiger partial charge is 0.404 e. The fourth-order valence-corrected chi connectivity index (χ4v) is 9.67. The van der Waals surface area contributed by atoms with Crippen LogP contribution < -0.4 is 21.1 Å². The van der Waals surface area contributed by atoms with Crippen molar-refractivity contribution >= 4 is 51.6 Å². The van der Waals surface area contributed by atoms with Crippen LogP contribution in [0.2, 0.25) is 0 Å². The Morgan fingerprint density at radius 1 is 1.00 bits per heavy atom. The van der Waals surface area contributed by atoms with Gasteiger partial charge in [-0.3, -0.25) is 19.3 Å². The number of carboxylic acid groups (broad SMARTS) is 2. The number of fused-ring (bicyclic) bond motifs is 1. The Hall–Kier alpha value is -3.71. The highest BCUT2D eigenvalue weighted by molar-refractivity contribution is 8.00. The quantitative estimate of drug-likeness (QED) is 0.111. The first-order chi connectivity index (χ1) is 25.2. The first-order valence-corrected chi connectivity index (χ1v) is 20.5. The average molecular weight is 782 g/mol. The number of methoxy groups -OCH3 is 1. The number of benzene rings is 1. The van der Waals surface area contributed by atoms with E-state index < -0.39 is 69.3 Å². The van der Waals surface area contributed by atoms with Crippen molar-refractivity contribution in [2.24, 2.45) is 5.73 Å². The Morgan fingerprint density at radius 3 is 2.09 bits per heavy atom. The maximum Gasteiger partial charge on any atom is 0.404 e. The van der Waals surface area contributed by atoms with Crippen molar-refractivity contribution in [2.75, 3.05) is 19.5 Å². The van der Waals surface area contributed by atoms with Gasteiger partial charge in [-0.05, 0) is 57.6 Å². The zero-order valence-electron chi connectivity index (χ0n) is 30.1. The molecular formula is C35H51N5O11S2.